The van der Waals surface area contributed by atoms with Crippen molar-refractivity contribution in [1.82, 2.24) is 9.88 Å². The topological polar surface area (TPSA) is 78.0 Å². The summed E-state index contributed by atoms with van der Waals surface area (Å²) >= 11 is 0. The number of hydrogen-bond donors (Lipinski definition) is 0. The summed E-state index contributed by atoms with van der Waals surface area (Å²) in [6.45, 7) is 1.06. The van der Waals surface area contributed by atoms with E-state index in [0.29, 0.717) is 37.5 Å². The molecule has 0 radical (unpaired) electrons. The van der Waals surface area contributed by atoms with Crippen molar-refractivity contribution in [3.05, 3.63) is 59.9 Å². The van der Waals surface area contributed by atoms with Crippen LogP contribution in [0, 0.1) is 5.92 Å². The number of piperidine rings is 1. The Bertz CT molecular complexity index is 841. The molecule has 1 aromatic heterocycles. The minimum Gasteiger partial charge on any atom is -0.495 e. The molecule has 2 aromatic rings. The van der Waals surface area contributed by atoms with Gasteiger partial charge in [-0.1, -0.05) is 30.3 Å². The zero-order valence-corrected chi connectivity index (χ0v) is 16.3. The first-order chi connectivity index (χ1) is 14.2. The van der Waals surface area contributed by atoms with E-state index in [4.69, 9.17) is 14.2 Å². The van der Waals surface area contributed by atoms with Crippen LogP contribution >= 0.6 is 0 Å². The molecule has 2 bridgehead atoms. The smallest absolute Gasteiger partial charge is 0.410 e. The first-order valence-electron chi connectivity index (χ1n) is 9.76. The van der Waals surface area contributed by atoms with Gasteiger partial charge in [0.05, 0.1) is 38.6 Å². The fourth-order valence-corrected chi connectivity index (χ4v) is 4.08. The Morgan fingerprint density at radius 1 is 1.10 bits per heavy atom. The lowest BCUT2D eigenvalue weighted by molar-refractivity contribution is -0.0755. The van der Waals surface area contributed by atoms with Gasteiger partial charge in [-0.05, 0) is 30.5 Å². The lowest BCUT2D eigenvalue weighted by atomic mass is 9.82. The number of benzene rings is 1. The molecule has 0 aliphatic carbocycles. The number of rotatable bonds is 5. The number of methoxy groups -OCH3 is 1. The van der Waals surface area contributed by atoms with E-state index in [1.165, 1.54) is 0 Å². The average Bonchev–Trinajstić information content (AvgIpc) is 2.77. The van der Waals surface area contributed by atoms with Crippen molar-refractivity contribution in [2.45, 2.75) is 31.5 Å². The number of hydrogen-bond acceptors (Lipinski definition) is 6. The third kappa shape index (κ3) is 4.24. The van der Waals surface area contributed by atoms with Gasteiger partial charge in [0, 0.05) is 5.92 Å². The second-order valence-corrected chi connectivity index (χ2v) is 7.41. The van der Waals surface area contributed by atoms with Crippen LogP contribution in [0.2, 0.25) is 0 Å². The molecule has 1 amide bonds. The molecule has 0 N–H and O–H groups in total. The van der Waals surface area contributed by atoms with Crippen LogP contribution < -0.4 is 4.74 Å². The highest BCUT2D eigenvalue weighted by atomic mass is 16.6. The number of Topliss-reactive ketones (excluding diaryl/α,β-unsaturated/α-hetero) is 1. The Labute approximate surface area is 169 Å². The number of ether oxygens (including phenoxy) is 3. The monoisotopic (exact) mass is 396 g/mol. The molecule has 152 valence electrons. The van der Waals surface area contributed by atoms with Crippen LogP contribution in [0.5, 0.6) is 5.75 Å². The number of fused-ring (bicyclic) bond motifs is 2. The Morgan fingerprint density at radius 2 is 1.83 bits per heavy atom. The number of carbonyl (C=O) groups is 2. The molecule has 2 fully saturated rings. The first kappa shape index (κ1) is 19.4. The Kier molecular flexibility index (Phi) is 5.76. The van der Waals surface area contributed by atoms with E-state index >= 15 is 0 Å². The van der Waals surface area contributed by atoms with Crippen LogP contribution in [-0.4, -0.2) is 54.2 Å². The standard InChI is InChI=1S/C22H24N2O5/c1-27-19-7-8-20(23-11-19)21(25)16-9-17-13-28-14-18(10-16)24(17)22(26)29-12-15-5-3-2-4-6-15/h2-8,11,16-18H,9-10,12-14H2,1H3. The van der Waals surface area contributed by atoms with Crippen LogP contribution in [0.15, 0.2) is 48.7 Å². The summed E-state index contributed by atoms with van der Waals surface area (Å²) in [6.07, 6.45) is 2.29. The molecule has 2 aliphatic rings. The zero-order valence-electron chi connectivity index (χ0n) is 16.3. The third-order valence-electron chi connectivity index (χ3n) is 5.53. The van der Waals surface area contributed by atoms with Gasteiger partial charge in [-0.2, -0.15) is 0 Å². The van der Waals surface area contributed by atoms with Crippen LogP contribution in [0.1, 0.15) is 28.9 Å². The van der Waals surface area contributed by atoms with Crippen molar-refractivity contribution < 1.29 is 23.8 Å². The number of morpholine rings is 1. The van der Waals surface area contributed by atoms with E-state index in [0.717, 1.165) is 5.56 Å². The van der Waals surface area contributed by atoms with E-state index in [-0.39, 0.29) is 36.5 Å². The highest BCUT2D eigenvalue weighted by Gasteiger charge is 2.44. The molecule has 29 heavy (non-hydrogen) atoms. The van der Waals surface area contributed by atoms with Crippen LogP contribution in [0.4, 0.5) is 4.79 Å². The molecular weight excluding hydrogens is 372 g/mol. The fraction of sp³-hybridized carbons (Fsp3) is 0.409. The van der Waals surface area contributed by atoms with Crippen molar-refractivity contribution in [3.8, 4) is 5.75 Å². The van der Waals surface area contributed by atoms with Gasteiger partial charge in [0.2, 0.25) is 0 Å². The van der Waals surface area contributed by atoms with Crippen LogP contribution in [-0.2, 0) is 16.1 Å². The number of ketones is 1. The van der Waals surface area contributed by atoms with Gasteiger partial charge in [0.25, 0.3) is 0 Å². The Balaban J connectivity index is 1.41. The van der Waals surface area contributed by atoms with Crippen molar-refractivity contribution in [2.24, 2.45) is 5.92 Å². The quantitative estimate of drug-likeness (QED) is 0.723. The van der Waals surface area contributed by atoms with E-state index in [9.17, 15) is 9.59 Å². The van der Waals surface area contributed by atoms with Crippen molar-refractivity contribution in [3.63, 3.8) is 0 Å². The second kappa shape index (κ2) is 8.61. The molecular formula is C22H24N2O5. The Morgan fingerprint density at radius 3 is 2.45 bits per heavy atom. The van der Waals surface area contributed by atoms with Gasteiger partial charge in [-0.15, -0.1) is 0 Å². The summed E-state index contributed by atoms with van der Waals surface area (Å²) in [5.41, 5.74) is 1.37. The summed E-state index contributed by atoms with van der Waals surface area (Å²) < 4.78 is 16.3. The van der Waals surface area contributed by atoms with E-state index in [1.54, 1.807) is 30.3 Å². The molecule has 2 atom stereocenters. The Hall–Kier alpha value is -2.93. The average molecular weight is 396 g/mol. The SMILES string of the molecule is COc1ccc(C(=O)C2CC3COCC(C2)N3C(=O)OCc2ccccc2)nc1. The highest BCUT2D eigenvalue weighted by Crippen LogP contribution is 2.34. The van der Waals surface area contributed by atoms with Crippen molar-refractivity contribution in [2.75, 3.05) is 20.3 Å². The summed E-state index contributed by atoms with van der Waals surface area (Å²) in [5.74, 6) is 0.428. The minimum absolute atomic E-state index is 0.00172. The molecule has 4 rings (SSSR count). The molecule has 0 saturated carbocycles. The maximum atomic E-state index is 12.9. The van der Waals surface area contributed by atoms with Crippen molar-refractivity contribution >= 4 is 11.9 Å². The summed E-state index contributed by atoms with van der Waals surface area (Å²) in [4.78, 5) is 31.7. The van der Waals surface area contributed by atoms with E-state index < -0.39 is 0 Å². The molecule has 2 aliphatic heterocycles. The van der Waals surface area contributed by atoms with Crippen LogP contribution in [0.25, 0.3) is 0 Å². The highest BCUT2D eigenvalue weighted by molar-refractivity contribution is 5.96. The minimum atomic E-state index is -0.347. The van der Waals surface area contributed by atoms with Crippen molar-refractivity contribution in [1.29, 1.82) is 0 Å². The molecule has 0 spiro atoms. The number of nitrogens with zero attached hydrogens (tertiary/aromatic N) is 2. The maximum Gasteiger partial charge on any atom is 0.410 e. The van der Waals surface area contributed by atoms with E-state index in [2.05, 4.69) is 4.98 Å². The molecule has 3 heterocycles. The first-order valence-corrected chi connectivity index (χ1v) is 9.76. The second-order valence-electron chi connectivity index (χ2n) is 7.41. The number of pyridine rings is 1. The van der Waals surface area contributed by atoms with Gasteiger partial charge in [-0.3, -0.25) is 9.69 Å². The van der Waals surface area contributed by atoms with E-state index in [1.807, 2.05) is 30.3 Å². The molecule has 2 saturated heterocycles. The predicted octanol–water partition coefficient (Wildman–Crippen LogP) is 3.09. The lowest BCUT2D eigenvalue weighted by Crippen LogP contribution is -2.60. The van der Waals surface area contributed by atoms with Crippen LogP contribution in [0.3, 0.4) is 0 Å². The maximum absolute atomic E-state index is 12.9. The summed E-state index contributed by atoms with van der Waals surface area (Å²) in [6, 6.07) is 12.7. The van der Waals surface area contributed by atoms with Gasteiger partial charge >= 0.3 is 6.09 Å². The molecule has 1 aromatic carbocycles. The van der Waals surface area contributed by atoms with Gasteiger partial charge in [-0.25, -0.2) is 9.78 Å². The molecule has 2 unspecified atom stereocenters. The summed E-state index contributed by atoms with van der Waals surface area (Å²) in [7, 11) is 1.56. The summed E-state index contributed by atoms with van der Waals surface area (Å²) in [5, 5.41) is 0. The third-order valence-corrected chi connectivity index (χ3v) is 5.53. The fourth-order valence-electron chi connectivity index (χ4n) is 4.08. The molecule has 7 heteroatoms. The van der Waals surface area contributed by atoms with Gasteiger partial charge < -0.3 is 14.2 Å². The predicted molar refractivity (Wildman–Crippen MR) is 105 cm³/mol. The number of aromatic nitrogens is 1. The normalized spacial score (nSPS) is 23.3. The number of amides is 1. The van der Waals surface area contributed by atoms with Gasteiger partial charge in [0.15, 0.2) is 5.78 Å². The number of carbonyl (C=O) groups excluding carboxylic acids is 2. The van der Waals surface area contributed by atoms with Gasteiger partial charge in [0.1, 0.15) is 18.1 Å². The zero-order chi connectivity index (χ0) is 20.2. The lowest BCUT2D eigenvalue weighted by Gasteiger charge is -2.47. The molecule has 7 nitrogen and oxygen atoms in total. The largest absolute Gasteiger partial charge is 0.495 e.